The summed E-state index contributed by atoms with van der Waals surface area (Å²) in [6, 6.07) is 18.5. The molecule has 0 unspecified atom stereocenters. The predicted molar refractivity (Wildman–Crippen MR) is 126 cm³/mol. The Morgan fingerprint density at radius 1 is 0.750 bits per heavy atom. The topological polar surface area (TPSA) is 48.8 Å². The van der Waals surface area contributed by atoms with Crippen molar-refractivity contribution in [1.82, 2.24) is 19.3 Å². The Morgan fingerprint density at radius 3 is 2.19 bits per heavy atom. The van der Waals surface area contributed by atoms with E-state index >= 15 is 0 Å². The van der Waals surface area contributed by atoms with Crippen molar-refractivity contribution in [1.29, 1.82) is 0 Å². The summed E-state index contributed by atoms with van der Waals surface area (Å²) < 4.78 is 2.17. The van der Waals surface area contributed by atoms with Crippen molar-refractivity contribution in [3.8, 4) is 0 Å². The van der Waals surface area contributed by atoms with E-state index in [9.17, 15) is 9.59 Å². The third-order valence-electron chi connectivity index (χ3n) is 6.69. The van der Waals surface area contributed by atoms with Crippen LogP contribution in [0.1, 0.15) is 28.8 Å². The van der Waals surface area contributed by atoms with Crippen LogP contribution >= 0.6 is 0 Å². The minimum Gasteiger partial charge on any atom is -0.342 e. The lowest BCUT2D eigenvalue weighted by atomic mass is 10.1. The molecular weight excluding hydrogens is 400 g/mol. The van der Waals surface area contributed by atoms with Gasteiger partial charge in [-0.3, -0.25) is 14.5 Å². The van der Waals surface area contributed by atoms with Crippen LogP contribution in [-0.4, -0.2) is 76.9 Å². The van der Waals surface area contributed by atoms with Gasteiger partial charge in [0.15, 0.2) is 0 Å². The van der Waals surface area contributed by atoms with Gasteiger partial charge < -0.3 is 14.4 Å². The lowest BCUT2D eigenvalue weighted by Gasteiger charge is -2.35. The fourth-order valence-corrected chi connectivity index (χ4v) is 4.87. The van der Waals surface area contributed by atoms with E-state index in [-0.39, 0.29) is 11.8 Å². The van der Waals surface area contributed by atoms with E-state index in [1.807, 2.05) is 52.4 Å². The summed E-state index contributed by atoms with van der Waals surface area (Å²) in [5, 5.41) is 1.00. The molecule has 3 heterocycles. The SMILES string of the molecule is O=C(CN1CCN(C(=O)c2cn(Cc3ccccc3)c3ccccc23)CC1)N1CCCC1. The Bertz CT molecular complexity index is 1090. The molecule has 0 bridgehead atoms. The molecule has 32 heavy (non-hydrogen) atoms. The van der Waals surface area contributed by atoms with Crippen molar-refractivity contribution in [2.24, 2.45) is 0 Å². The van der Waals surface area contributed by atoms with Gasteiger partial charge in [0.05, 0.1) is 12.1 Å². The Kier molecular flexibility index (Phi) is 5.95. The standard InChI is InChI=1S/C26H30N4O2/c31-25(28-12-6-7-13-28)20-27-14-16-29(17-15-27)26(32)23-19-30(18-21-8-2-1-3-9-21)24-11-5-4-10-22(23)24/h1-5,8-11,19H,6-7,12-18,20H2. The third-order valence-corrected chi connectivity index (χ3v) is 6.69. The molecule has 0 N–H and O–H groups in total. The van der Waals surface area contributed by atoms with Gasteiger partial charge in [0.1, 0.15) is 0 Å². The third kappa shape index (κ3) is 4.28. The van der Waals surface area contributed by atoms with Crippen molar-refractivity contribution in [2.75, 3.05) is 45.8 Å². The number of aromatic nitrogens is 1. The van der Waals surface area contributed by atoms with Crippen LogP contribution in [0.2, 0.25) is 0 Å². The maximum Gasteiger partial charge on any atom is 0.256 e. The number of benzene rings is 2. The van der Waals surface area contributed by atoms with Crippen LogP contribution in [0, 0.1) is 0 Å². The van der Waals surface area contributed by atoms with E-state index in [2.05, 4.69) is 27.7 Å². The molecule has 2 aliphatic heterocycles. The van der Waals surface area contributed by atoms with E-state index in [0.29, 0.717) is 19.6 Å². The Morgan fingerprint density at radius 2 is 1.44 bits per heavy atom. The number of fused-ring (bicyclic) bond motifs is 1. The average molecular weight is 431 g/mol. The monoisotopic (exact) mass is 430 g/mol. The molecular formula is C26H30N4O2. The van der Waals surface area contributed by atoms with Crippen molar-refractivity contribution < 1.29 is 9.59 Å². The first kappa shape index (κ1) is 20.8. The van der Waals surface area contributed by atoms with E-state index in [1.54, 1.807) is 0 Å². The first-order valence-electron chi connectivity index (χ1n) is 11.6. The quantitative estimate of drug-likeness (QED) is 0.625. The highest BCUT2D eigenvalue weighted by Crippen LogP contribution is 2.24. The second-order valence-electron chi connectivity index (χ2n) is 8.83. The molecule has 0 atom stereocenters. The molecule has 6 nitrogen and oxygen atoms in total. The highest BCUT2D eigenvalue weighted by atomic mass is 16.2. The first-order valence-corrected chi connectivity index (χ1v) is 11.6. The number of nitrogens with zero attached hydrogens (tertiary/aromatic N) is 4. The number of hydrogen-bond acceptors (Lipinski definition) is 3. The molecule has 6 heteroatoms. The number of carbonyl (C=O) groups excluding carboxylic acids is 2. The molecule has 5 rings (SSSR count). The number of para-hydroxylation sites is 1. The highest BCUT2D eigenvalue weighted by molar-refractivity contribution is 6.07. The number of rotatable bonds is 5. The molecule has 1 aromatic heterocycles. The summed E-state index contributed by atoms with van der Waals surface area (Å²) in [7, 11) is 0. The molecule has 2 aromatic carbocycles. The predicted octanol–water partition coefficient (Wildman–Crippen LogP) is 3.07. The van der Waals surface area contributed by atoms with Crippen LogP contribution in [0.15, 0.2) is 60.8 Å². The Balaban J connectivity index is 1.27. The minimum absolute atomic E-state index is 0.0820. The van der Waals surface area contributed by atoms with Gasteiger partial charge in [-0.25, -0.2) is 0 Å². The molecule has 3 aromatic rings. The molecule has 0 spiro atoms. The second-order valence-corrected chi connectivity index (χ2v) is 8.83. The second kappa shape index (κ2) is 9.17. The number of likely N-dealkylation sites (tertiary alicyclic amines) is 1. The molecule has 2 aliphatic rings. The van der Waals surface area contributed by atoms with Crippen molar-refractivity contribution in [2.45, 2.75) is 19.4 Å². The molecule has 0 aliphatic carbocycles. The Labute approximate surface area is 189 Å². The zero-order valence-electron chi connectivity index (χ0n) is 18.4. The van der Waals surface area contributed by atoms with Crippen molar-refractivity contribution in [3.05, 3.63) is 71.9 Å². The summed E-state index contributed by atoms with van der Waals surface area (Å²) in [6.45, 7) is 5.80. The lowest BCUT2D eigenvalue weighted by Crippen LogP contribution is -2.51. The number of hydrogen-bond donors (Lipinski definition) is 0. The first-order chi connectivity index (χ1) is 15.7. The van der Waals surface area contributed by atoms with Gasteiger partial charge >= 0.3 is 0 Å². The number of carbonyl (C=O) groups is 2. The van der Waals surface area contributed by atoms with Gasteiger partial charge in [0.2, 0.25) is 5.91 Å². The van der Waals surface area contributed by atoms with E-state index in [1.165, 1.54) is 5.56 Å². The van der Waals surface area contributed by atoms with Gasteiger partial charge in [-0.1, -0.05) is 48.5 Å². The van der Waals surface area contributed by atoms with Crippen molar-refractivity contribution >= 4 is 22.7 Å². The average Bonchev–Trinajstić information content (AvgIpc) is 3.49. The number of amides is 2. The fraction of sp³-hybridized carbons (Fsp3) is 0.385. The van der Waals surface area contributed by atoms with Gasteiger partial charge in [0, 0.05) is 62.9 Å². The van der Waals surface area contributed by atoms with E-state index in [4.69, 9.17) is 0 Å². The zero-order valence-corrected chi connectivity index (χ0v) is 18.4. The highest BCUT2D eigenvalue weighted by Gasteiger charge is 2.27. The summed E-state index contributed by atoms with van der Waals surface area (Å²) in [5.41, 5.74) is 3.05. The lowest BCUT2D eigenvalue weighted by molar-refractivity contribution is -0.131. The molecule has 2 saturated heterocycles. The van der Waals surface area contributed by atoms with Gasteiger partial charge in [-0.15, -0.1) is 0 Å². The molecule has 0 radical (unpaired) electrons. The molecule has 2 amide bonds. The molecule has 2 fully saturated rings. The van der Waals surface area contributed by atoms with Gasteiger partial charge in [-0.2, -0.15) is 0 Å². The smallest absolute Gasteiger partial charge is 0.256 e. The van der Waals surface area contributed by atoms with Gasteiger partial charge in [0.25, 0.3) is 5.91 Å². The van der Waals surface area contributed by atoms with Crippen LogP contribution in [-0.2, 0) is 11.3 Å². The van der Waals surface area contributed by atoms with Crippen molar-refractivity contribution in [3.63, 3.8) is 0 Å². The minimum atomic E-state index is 0.0820. The summed E-state index contributed by atoms with van der Waals surface area (Å²) in [4.78, 5) is 32.0. The molecule has 0 saturated carbocycles. The van der Waals surface area contributed by atoms with Crippen LogP contribution in [0.5, 0.6) is 0 Å². The molecule has 166 valence electrons. The van der Waals surface area contributed by atoms with Crippen LogP contribution in [0.4, 0.5) is 0 Å². The van der Waals surface area contributed by atoms with E-state index in [0.717, 1.165) is 62.0 Å². The van der Waals surface area contributed by atoms with Gasteiger partial charge in [-0.05, 0) is 24.5 Å². The number of piperazine rings is 1. The summed E-state index contributed by atoms with van der Waals surface area (Å²) in [6.07, 6.45) is 4.24. The zero-order chi connectivity index (χ0) is 21.9. The normalized spacial score (nSPS) is 17.2. The summed E-state index contributed by atoms with van der Waals surface area (Å²) in [5.74, 6) is 0.310. The maximum absolute atomic E-state index is 13.4. The largest absolute Gasteiger partial charge is 0.342 e. The summed E-state index contributed by atoms with van der Waals surface area (Å²) >= 11 is 0. The van der Waals surface area contributed by atoms with Crippen LogP contribution < -0.4 is 0 Å². The maximum atomic E-state index is 13.4. The Hall–Kier alpha value is -3.12. The van der Waals surface area contributed by atoms with E-state index < -0.39 is 0 Å². The van der Waals surface area contributed by atoms with Crippen LogP contribution in [0.3, 0.4) is 0 Å². The van der Waals surface area contributed by atoms with Crippen LogP contribution in [0.25, 0.3) is 10.9 Å². The fourth-order valence-electron chi connectivity index (χ4n) is 4.87.